The zero-order valence-electron chi connectivity index (χ0n) is 10.0. The first-order valence-corrected chi connectivity index (χ1v) is 6.53. The first-order valence-electron chi connectivity index (χ1n) is 5.71. The summed E-state index contributed by atoms with van der Waals surface area (Å²) in [6.45, 7) is 10.8. The maximum absolute atomic E-state index is 3.45. The van der Waals surface area contributed by atoms with Crippen LogP contribution in [0.3, 0.4) is 0 Å². The molecule has 15 heavy (non-hydrogen) atoms. The van der Waals surface area contributed by atoms with E-state index < -0.39 is 0 Å². The van der Waals surface area contributed by atoms with Crippen LogP contribution < -0.4 is 10.6 Å². The molecule has 0 saturated heterocycles. The quantitative estimate of drug-likeness (QED) is 0.698. The summed E-state index contributed by atoms with van der Waals surface area (Å²) < 4.78 is 0. The van der Waals surface area contributed by atoms with Crippen LogP contribution >= 0.6 is 11.3 Å². The van der Waals surface area contributed by atoms with E-state index in [4.69, 9.17) is 0 Å². The molecule has 1 rings (SSSR count). The first-order chi connectivity index (χ1) is 7.24. The number of hydrogen-bond acceptors (Lipinski definition) is 3. The Kier molecular flexibility index (Phi) is 5.91. The van der Waals surface area contributed by atoms with E-state index in [1.165, 1.54) is 21.7 Å². The van der Waals surface area contributed by atoms with Gasteiger partial charge in [-0.3, -0.25) is 0 Å². The second-order valence-electron chi connectivity index (χ2n) is 3.88. The molecule has 86 valence electrons. The molecule has 2 nitrogen and oxygen atoms in total. The predicted molar refractivity (Wildman–Crippen MR) is 68.7 cm³/mol. The van der Waals surface area contributed by atoms with Crippen LogP contribution in [0.2, 0.25) is 0 Å². The molecule has 0 aliphatic carbocycles. The largest absolute Gasteiger partial charge is 0.315 e. The fourth-order valence-electron chi connectivity index (χ4n) is 1.43. The smallest absolute Gasteiger partial charge is 0.0300 e. The molecule has 0 aliphatic rings. The maximum Gasteiger partial charge on any atom is 0.0300 e. The Morgan fingerprint density at radius 2 is 1.87 bits per heavy atom. The van der Waals surface area contributed by atoms with E-state index in [0.717, 1.165) is 26.2 Å². The minimum atomic E-state index is 1.01. The number of thiophene rings is 1. The summed E-state index contributed by atoms with van der Waals surface area (Å²) in [7, 11) is 0. The molecule has 0 unspecified atom stereocenters. The molecule has 0 amide bonds. The number of hydrogen-bond donors (Lipinski definition) is 2. The van der Waals surface area contributed by atoms with Crippen LogP contribution in [0.15, 0.2) is 6.07 Å². The molecule has 0 saturated carbocycles. The van der Waals surface area contributed by atoms with Gasteiger partial charge in [-0.2, -0.15) is 0 Å². The maximum atomic E-state index is 3.45. The van der Waals surface area contributed by atoms with Crippen LogP contribution in [0, 0.1) is 13.8 Å². The van der Waals surface area contributed by atoms with Gasteiger partial charge in [0.1, 0.15) is 0 Å². The van der Waals surface area contributed by atoms with Gasteiger partial charge >= 0.3 is 0 Å². The van der Waals surface area contributed by atoms with Crippen molar-refractivity contribution in [2.24, 2.45) is 0 Å². The van der Waals surface area contributed by atoms with Crippen LogP contribution in [0.25, 0.3) is 0 Å². The summed E-state index contributed by atoms with van der Waals surface area (Å²) in [6, 6.07) is 2.28. The van der Waals surface area contributed by atoms with Gasteiger partial charge in [0.25, 0.3) is 0 Å². The van der Waals surface area contributed by atoms with Gasteiger partial charge in [0.05, 0.1) is 0 Å². The summed E-state index contributed by atoms with van der Waals surface area (Å²) in [4.78, 5) is 2.89. The molecule has 1 heterocycles. The highest BCUT2D eigenvalue weighted by Crippen LogP contribution is 2.19. The molecular weight excluding hydrogens is 204 g/mol. The van der Waals surface area contributed by atoms with Crippen LogP contribution in [0.4, 0.5) is 0 Å². The van der Waals surface area contributed by atoms with E-state index in [9.17, 15) is 0 Å². The van der Waals surface area contributed by atoms with Gasteiger partial charge in [0.15, 0.2) is 0 Å². The molecule has 0 aromatic carbocycles. The van der Waals surface area contributed by atoms with E-state index in [2.05, 4.69) is 37.5 Å². The summed E-state index contributed by atoms with van der Waals surface area (Å²) >= 11 is 1.90. The molecule has 2 N–H and O–H groups in total. The van der Waals surface area contributed by atoms with E-state index in [1.807, 2.05) is 11.3 Å². The molecule has 0 radical (unpaired) electrons. The first kappa shape index (κ1) is 12.7. The van der Waals surface area contributed by atoms with Crippen molar-refractivity contribution < 1.29 is 0 Å². The monoisotopic (exact) mass is 226 g/mol. The Morgan fingerprint density at radius 1 is 1.13 bits per heavy atom. The minimum Gasteiger partial charge on any atom is -0.315 e. The van der Waals surface area contributed by atoms with Crippen molar-refractivity contribution in [2.45, 2.75) is 33.7 Å². The standard InChI is InChI=1S/C12H22N2S/c1-4-5-13-6-7-14-9-12-8-10(2)11(3)15-12/h8,13-14H,4-7,9H2,1-3H3. The van der Waals surface area contributed by atoms with Crippen LogP contribution in [0.1, 0.15) is 28.7 Å². The van der Waals surface area contributed by atoms with Crippen LogP contribution in [-0.4, -0.2) is 19.6 Å². The molecule has 0 aliphatic heterocycles. The number of aryl methyl sites for hydroxylation is 2. The molecule has 0 spiro atoms. The van der Waals surface area contributed by atoms with Gasteiger partial charge in [-0.25, -0.2) is 0 Å². The van der Waals surface area contributed by atoms with Crippen molar-refractivity contribution in [1.29, 1.82) is 0 Å². The Hall–Kier alpha value is -0.380. The zero-order valence-corrected chi connectivity index (χ0v) is 10.8. The molecule has 0 atom stereocenters. The predicted octanol–water partition coefficient (Wildman–Crippen LogP) is 2.45. The van der Waals surface area contributed by atoms with Gasteiger partial charge in [-0.1, -0.05) is 6.92 Å². The second kappa shape index (κ2) is 6.99. The van der Waals surface area contributed by atoms with Crippen molar-refractivity contribution in [1.82, 2.24) is 10.6 Å². The number of nitrogens with one attached hydrogen (secondary N) is 2. The highest BCUT2D eigenvalue weighted by molar-refractivity contribution is 7.12. The Bertz CT molecular complexity index is 262. The molecule has 1 aromatic heterocycles. The summed E-state index contributed by atoms with van der Waals surface area (Å²) in [5.41, 5.74) is 1.42. The van der Waals surface area contributed by atoms with Crippen molar-refractivity contribution in [3.63, 3.8) is 0 Å². The van der Waals surface area contributed by atoms with Crippen molar-refractivity contribution in [3.8, 4) is 0 Å². The lowest BCUT2D eigenvalue weighted by molar-refractivity contribution is 0.609. The Balaban J connectivity index is 2.10. The molecular formula is C12H22N2S. The topological polar surface area (TPSA) is 24.1 Å². The van der Waals surface area contributed by atoms with Gasteiger partial charge in [-0.15, -0.1) is 11.3 Å². The summed E-state index contributed by atoms with van der Waals surface area (Å²) in [6.07, 6.45) is 1.21. The lowest BCUT2D eigenvalue weighted by atomic mass is 10.3. The average Bonchev–Trinajstić information content (AvgIpc) is 2.52. The second-order valence-corrected chi connectivity index (χ2v) is 5.22. The van der Waals surface area contributed by atoms with Crippen LogP contribution in [-0.2, 0) is 6.54 Å². The Morgan fingerprint density at radius 3 is 2.47 bits per heavy atom. The number of rotatable bonds is 7. The fraction of sp³-hybridized carbons (Fsp3) is 0.667. The van der Waals surface area contributed by atoms with Gasteiger partial charge in [-0.05, 0) is 38.4 Å². The van der Waals surface area contributed by atoms with E-state index >= 15 is 0 Å². The summed E-state index contributed by atoms with van der Waals surface area (Å²) in [5, 5.41) is 6.83. The lowest BCUT2D eigenvalue weighted by Gasteiger charge is -2.03. The van der Waals surface area contributed by atoms with E-state index in [-0.39, 0.29) is 0 Å². The molecule has 1 aromatic rings. The van der Waals surface area contributed by atoms with Crippen molar-refractivity contribution in [3.05, 3.63) is 21.4 Å². The van der Waals surface area contributed by atoms with Gasteiger partial charge < -0.3 is 10.6 Å². The van der Waals surface area contributed by atoms with E-state index in [0.29, 0.717) is 0 Å². The van der Waals surface area contributed by atoms with Crippen molar-refractivity contribution >= 4 is 11.3 Å². The van der Waals surface area contributed by atoms with Crippen LogP contribution in [0.5, 0.6) is 0 Å². The van der Waals surface area contributed by atoms with Gasteiger partial charge in [0.2, 0.25) is 0 Å². The third-order valence-electron chi connectivity index (χ3n) is 2.42. The van der Waals surface area contributed by atoms with Crippen molar-refractivity contribution in [2.75, 3.05) is 19.6 Å². The SMILES string of the molecule is CCCNCCNCc1cc(C)c(C)s1. The fourth-order valence-corrected chi connectivity index (χ4v) is 2.45. The molecule has 3 heteroatoms. The normalized spacial score (nSPS) is 10.9. The zero-order chi connectivity index (χ0) is 11.1. The molecule has 0 bridgehead atoms. The lowest BCUT2D eigenvalue weighted by Crippen LogP contribution is -2.27. The summed E-state index contributed by atoms with van der Waals surface area (Å²) in [5.74, 6) is 0. The highest BCUT2D eigenvalue weighted by Gasteiger charge is 2.00. The third-order valence-corrected chi connectivity index (χ3v) is 3.57. The van der Waals surface area contributed by atoms with E-state index in [1.54, 1.807) is 0 Å². The minimum absolute atomic E-state index is 1.01. The Labute approximate surface area is 97.1 Å². The third kappa shape index (κ3) is 4.78. The average molecular weight is 226 g/mol. The molecule has 0 fully saturated rings. The van der Waals surface area contributed by atoms with Gasteiger partial charge in [0, 0.05) is 29.4 Å². The highest BCUT2D eigenvalue weighted by atomic mass is 32.1.